The maximum absolute atomic E-state index is 8.36. The van der Waals surface area contributed by atoms with Gasteiger partial charge in [0.1, 0.15) is 5.01 Å². The Bertz CT molecular complexity index is 312. The lowest BCUT2D eigenvalue weighted by Gasteiger charge is -1.96. The zero-order valence-corrected chi connectivity index (χ0v) is 8.65. The molecule has 13 heavy (non-hydrogen) atoms. The third-order valence-corrected chi connectivity index (χ3v) is 2.58. The Morgan fingerprint density at radius 3 is 3.31 bits per heavy atom. The van der Waals surface area contributed by atoms with Gasteiger partial charge in [0.15, 0.2) is 11.4 Å². The topological polar surface area (TPSA) is 61.1 Å². The van der Waals surface area contributed by atoms with Crippen LogP contribution in [0.1, 0.15) is 5.01 Å². The molecule has 0 saturated heterocycles. The molecule has 0 aliphatic rings. The highest BCUT2D eigenvalue weighted by Gasteiger charge is 1.96. The van der Waals surface area contributed by atoms with Crippen LogP contribution in [-0.2, 0) is 6.54 Å². The number of hydrogen-bond acceptors (Lipinski definition) is 5. The molecule has 1 rings (SSSR count). The van der Waals surface area contributed by atoms with E-state index in [-0.39, 0.29) is 0 Å². The number of nitrogens with one attached hydrogen (secondary N) is 1. The van der Waals surface area contributed by atoms with Crippen molar-refractivity contribution in [2.75, 3.05) is 6.26 Å². The number of thiazole rings is 1. The lowest BCUT2D eigenvalue weighted by Crippen LogP contribution is -2.13. The summed E-state index contributed by atoms with van der Waals surface area (Å²) in [6.45, 7) is 0.530. The van der Waals surface area contributed by atoms with Gasteiger partial charge in [-0.2, -0.15) is 5.26 Å². The van der Waals surface area contributed by atoms with Crippen molar-refractivity contribution in [3.05, 3.63) is 16.6 Å². The molecule has 0 saturated carbocycles. The van der Waals surface area contributed by atoms with E-state index in [0.717, 1.165) is 5.01 Å². The number of aromatic nitrogens is 1. The van der Waals surface area contributed by atoms with E-state index in [2.05, 4.69) is 15.3 Å². The molecule has 0 unspecified atom stereocenters. The van der Waals surface area contributed by atoms with Crippen molar-refractivity contribution in [2.45, 2.75) is 6.54 Å². The molecule has 0 bridgehead atoms. The second kappa shape index (κ2) is 5.56. The van der Waals surface area contributed by atoms with E-state index < -0.39 is 0 Å². The zero-order chi connectivity index (χ0) is 9.52. The van der Waals surface area contributed by atoms with Crippen molar-refractivity contribution in [1.29, 1.82) is 5.26 Å². The molecule has 6 heteroatoms. The van der Waals surface area contributed by atoms with Gasteiger partial charge in [-0.1, -0.05) is 11.8 Å². The SMILES string of the molecule is CSC(=NCc1nccs1)NC#N. The highest BCUT2D eigenvalue weighted by atomic mass is 32.2. The highest BCUT2D eigenvalue weighted by Crippen LogP contribution is 2.06. The summed E-state index contributed by atoms with van der Waals surface area (Å²) in [5.74, 6) is 0. The standard InChI is InChI=1S/C7H8N4S2/c1-12-7(11-5-8)10-4-6-9-2-3-13-6/h2-3H,4H2,1H3,(H,10,11). The predicted octanol–water partition coefficient (Wildman–Crippen LogP) is 1.43. The molecule has 1 aromatic rings. The maximum Gasteiger partial charge on any atom is 0.183 e. The molecule has 0 atom stereocenters. The first-order valence-electron chi connectivity index (χ1n) is 3.48. The summed E-state index contributed by atoms with van der Waals surface area (Å²) in [4.78, 5) is 8.24. The minimum Gasteiger partial charge on any atom is -0.272 e. The fourth-order valence-corrected chi connectivity index (χ4v) is 1.55. The van der Waals surface area contributed by atoms with Gasteiger partial charge in [-0.05, 0) is 6.26 Å². The number of nitriles is 1. The zero-order valence-electron chi connectivity index (χ0n) is 7.02. The summed E-state index contributed by atoms with van der Waals surface area (Å²) in [7, 11) is 0. The van der Waals surface area contributed by atoms with Gasteiger partial charge in [0, 0.05) is 11.6 Å². The number of amidine groups is 1. The van der Waals surface area contributed by atoms with Gasteiger partial charge in [0.25, 0.3) is 0 Å². The first-order chi connectivity index (χ1) is 6.36. The molecule has 0 aromatic carbocycles. The Labute approximate surface area is 84.7 Å². The molecule has 0 aliphatic heterocycles. The first kappa shape index (κ1) is 10.0. The van der Waals surface area contributed by atoms with E-state index in [0.29, 0.717) is 11.7 Å². The minimum absolute atomic E-state index is 0.530. The van der Waals surface area contributed by atoms with Gasteiger partial charge < -0.3 is 0 Å². The van der Waals surface area contributed by atoms with Crippen LogP contribution in [0, 0.1) is 11.5 Å². The Balaban J connectivity index is 2.51. The fraction of sp³-hybridized carbons (Fsp3) is 0.286. The molecule has 1 aromatic heterocycles. The van der Waals surface area contributed by atoms with Crippen molar-refractivity contribution < 1.29 is 0 Å². The van der Waals surface area contributed by atoms with Crippen LogP contribution in [0.2, 0.25) is 0 Å². The second-order valence-corrected chi connectivity index (χ2v) is 3.76. The smallest absolute Gasteiger partial charge is 0.183 e. The van der Waals surface area contributed by atoms with E-state index in [4.69, 9.17) is 5.26 Å². The number of thioether (sulfide) groups is 1. The van der Waals surface area contributed by atoms with Crippen LogP contribution in [0.15, 0.2) is 16.6 Å². The van der Waals surface area contributed by atoms with Crippen LogP contribution >= 0.6 is 23.1 Å². The largest absolute Gasteiger partial charge is 0.272 e. The van der Waals surface area contributed by atoms with E-state index in [1.807, 2.05) is 17.8 Å². The third-order valence-electron chi connectivity index (χ3n) is 1.20. The van der Waals surface area contributed by atoms with Crippen LogP contribution < -0.4 is 5.32 Å². The second-order valence-electron chi connectivity index (χ2n) is 1.99. The molecule has 68 valence electrons. The molecule has 0 aliphatic carbocycles. The molecular weight excluding hydrogens is 204 g/mol. The molecule has 1 N–H and O–H groups in total. The van der Waals surface area contributed by atoms with Crippen LogP contribution in [0.25, 0.3) is 0 Å². The predicted molar refractivity (Wildman–Crippen MR) is 55.5 cm³/mol. The van der Waals surface area contributed by atoms with E-state index in [1.54, 1.807) is 17.5 Å². The number of aliphatic imine (C=N–C) groups is 1. The highest BCUT2D eigenvalue weighted by molar-refractivity contribution is 8.13. The Morgan fingerprint density at radius 2 is 2.77 bits per heavy atom. The number of hydrogen-bond donors (Lipinski definition) is 1. The van der Waals surface area contributed by atoms with Crippen LogP contribution in [0.5, 0.6) is 0 Å². The molecule has 1 heterocycles. The summed E-state index contributed by atoms with van der Waals surface area (Å²) in [5, 5.41) is 14.3. The summed E-state index contributed by atoms with van der Waals surface area (Å²) in [5.41, 5.74) is 0. The van der Waals surface area contributed by atoms with Gasteiger partial charge in [-0.25, -0.2) is 4.98 Å². The lowest BCUT2D eigenvalue weighted by atomic mass is 10.7. The van der Waals surface area contributed by atoms with Gasteiger partial charge in [0.2, 0.25) is 0 Å². The normalized spacial score (nSPS) is 10.9. The van der Waals surface area contributed by atoms with Crippen molar-refractivity contribution in [2.24, 2.45) is 4.99 Å². The van der Waals surface area contributed by atoms with Crippen LogP contribution in [0.3, 0.4) is 0 Å². The summed E-state index contributed by atoms with van der Waals surface area (Å²) >= 11 is 2.96. The van der Waals surface area contributed by atoms with Crippen molar-refractivity contribution >= 4 is 28.3 Å². The molecule has 0 radical (unpaired) electrons. The van der Waals surface area contributed by atoms with Gasteiger partial charge in [0.05, 0.1) is 6.54 Å². The Hall–Kier alpha value is -1.06. The minimum atomic E-state index is 0.530. The average Bonchev–Trinajstić information content (AvgIpc) is 2.64. The van der Waals surface area contributed by atoms with Gasteiger partial charge in [-0.15, -0.1) is 11.3 Å². The molecule has 0 amide bonds. The number of nitrogens with zero attached hydrogens (tertiary/aromatic N) is 3. The van der Waals surface area contributed by atoms with E-state index in [9.17, 15) is 0 Å². The summed E-state index contributed by atoms with van der Waals surface area (Å²) < 4.78 is 0. The maximum atomic E-state index is 8.36. The third kappa shape index (κ3) is 3.44. The van der Waals surface area contributed by atoms with Crippen LogP contribution in [0.4, 0.5) is 0 Å². The fourth-order valence-electron chi connectivity index (χ4n) is 0.673. The van der Waals surface area contributed by atoms with Crippen molar-refractivity contribution in [3.8, 4) is 6.19 Å². The van der Waals surface area contributed by atoms with E-state index in [1.165, 1.54) is 11.8 Å². The van der Waals surface area contributed by atoms with Crippen molar-refractivity contribution in [1.82, 2.24) is 10.3 Å². The average molecular weight is 212 g/mol. The molecule has 4 nitrogen and oxygen atoms in total. The van der Waals surface area contributed by atoms with E-state index >= 15 is 0 Å². The molecular formula is C7H8N4S2. The summed E-state index contributed by atoms with van der Waals surface area (Å²) in [6.07, 6.45) is 5.44. The van der Waals surface area contributed by atoms with Gasteiger partial charge >= 0.3 is 0 Å². The Kier molecular flexibility index (Phi) is 4.29. The molecule has 0 fully saturated rings. The van der Waals surface area contributed by atoms with Crippen LogP contribution in [-0.4, -0.2) is 16.4 Å². The first-order valence-corrected chi connectivity index (χ1v) is 5.59. The van der Waals surface area contributed by atoms with Gasteiger partial charge in [-0.3, -0.25) is 10.3 Å². The lowest BCUT2D eigenvalue weighted by molar-refractivity contribution is 1.03. The number of rotatable bonds is 2. The van der Waals surface area contributed by atoms with Crippen molar-refractivity contribution in [3.63, 3.8) is 0 Å². The monoisotopic (exact) mass is 212 g/mol. The quantitative estimate of drug-likeness (QED) is 0.349. The Morgan fingerprint density at radius 1 is 1.92 bits per heavy atom. The summed E-state index contributed by atoms with van der Waals surface area (Å²) in [6, 6.07) is 0. The molecule has 0 spiro atoms.